The highest BCUT2D eigenvalue weighted by Crippen LogP contribution is 2.36. The second kappa shape index (κ2) is 4.41. The van der Waals surface area contributed by atoms with Crippen molar-refractivity contribution < 1.29 is 0 Å². The van der Waals surface area contributed by atoms with Gasteiger partial charge in [0.25, 0.3) is 0 Å². The molecule has 18 heavy (non-hydrogen) atoms. The van der Waals surface area contributed by atoms with E-state index < -0.39 is 0 Å². The molecule has 2 aromatic rings. The standard InChI is InChI=1S/C14H10BrClN2/c1-8-11-7-10(16)3-5-12(11)18-14-6-9(15)2-4-13(14)17-8/h2-7,18H,1H3. The Hall–Kier alpha value is -1.32. The summed E-state index contributed by atoms with van der Waals surface area (Å²) in [5, 5.41) is 4.12. The maximum Gasteiger partial charge on any atom is 0.0868 e. The average Bonchev–Trinajstić information content (AvgIpc) is 2.46. The minimum Gasteiger partial charge on any atom is -0.353 e. The van der Waals surface area contributed by atoms with Crippen molar-refractivity contribution in [3.05, 3.63) is 51.5 Å². The van der Waals surface area contributed by atoms with Gasteiger partial charge in [0.2, 0.25) is 0 Å². The number of benzene rings is 2. The smallest absolute Gasteiger partial charge is 0.0868 e. The van der Waals surface area contributed by atoms with Crippen molar-refractivity contribution in [3.63, 3.8) is 0 Å². The van der Waals surface area contributed by atoms with Crippen LogP contribution < -0.4 is 5.32 Å². The number of anilines is 2. The number of rotatable bonds is 0. The highest BCUT2D eigenvalue weighted by atomic mass is 79.9. The Morgan fingerprint density at radius 1 is 1.11 bits per heavy atom. The van der Waals surface area contributed by atoms with Gasteiger partial charge < -0.3 is 5.32 Å². The highest BCUT2D eigenvalue weighted by Gasteiger charge is 2.14. The molecule has 0 aromatic heterocycles. The van der Waals surface area contributed by atoms with E-state index in [1.165, 1.54) is 0 Å². The monoisotopic (exact) mass is 320 g/mol. The van der Waals surface area contributed by atoms with Crippen LogP contribution in [0.2, 0.25) is 5.02 Å². The summed E-state index contributed by atoms with van der Waals surface area (Å²) < 4.78 is 1.03. The molecule has 2 nitrogen and oxygen atoms in total. The van der Waals surface area contributed by atoms with Gasteiger partial charge in [0.15, 0.2) is 0 Å². The van der Waals surface area contributed by atoms with Gasteiger partial charge in [-0.25, -0.2) is 0 Å². The lowest BCUT2D eigenvalue weighted by Gasteiger charge is -2.09. The first kappa shape index (κ1) is 11.8. The second-order valence-electron chi connectivity index (χ2n) is 4.17. The summed E-state index contributed by atoms with van der Waals surface area (Å²) >= 11 is 9.51. The van der Waals surface area contributed by atoms with Gasteiger partial charge in [-0.05, 0) is 43.3 Å². The molecule has 0 atom stereocenters. The van der Waals surface area contributed by atoms with Crippen LogP contribution in [-0.4, -0.2) is 5.71 Å². The van der Waals surface area contributed by atoms with Gasteiger partial charge in [-0.15, -0.1) is 0 Å². The molecule has 0 fully saturated rings. The summed E-state index contributed by atoms with van der Waals surface area (Å²) in [6.45, 7) is 1.99. The summed E-state index contributed by atoms with van der Waals surface area (Å²) in [4.78, 5) is 4.64. The summed E-state index contributed by atoms with van der Waals surface area (Å²) in [6.07, 6.45) is 0. The van der Waals surface area contributed by atoms with Gasteiger partial charge in [0.1, 0.15) is 0 Å². The number of nitrogens with one attached hydrogen (secondary N) is 1. The average molecular weight is 322 g/mol. The Morgan fingerprint density at radius 2 is 1.94 bits per heavy atom. The molecule has 0 amide bonds. The van der Waals surface area contributed by atoms with Gasteiger partial charge in [0.05, 0.1) is 11.4 Å². The van der Waals surface area contributed by atoms with E-state index >= 15 is 0 Å². The molecule has 3 rings (SSSR count). The number of aliphatic imine (C=N–C) groups is 1. The molecule has 0 unspecified atom stereocenters. The van der Waals surface area contributed by atoms with Gasteiger partial charge in [-0.3, -0.25) is 4.99 Å². The summed E-state index contributed by atoms with van der Waals surface area (Å²) in [7, 11) is 0. The zero-order valence-electron chi connectivity index (χ0n) is 9.67. The van der Waals surface area contributed by atoms with E-state index in [0.29, 0.717) is 0 Å². The zero-order valence-corrected chi connectivity index (χ0v) is 12.0. The van der Waals surface area contributed by atoms with Crippen molar-refractivity contribution in [2.24, 2.45) is 4.99 Å². The van der Waals surface area contributed by atoms with Crippen LogP contribution in [0.5, 0.6) is 0 Å². The van der Waals surface area contributed by atoms with Crippen molar-refractivity contribution in [2.75, 3.05) is 5.32 Å². The first-order valence-corrected chi connectivity index (χ1v) is 6.72. The van der Waals surface area contributed by atoms with Gasteiger partial charge in [-0.1, -0.05) is 27.5 Å². The van der Waals surface area contributed by atoms with E-state index in [1.807, 2.05) is 43.3 Å². The maximum absolute atomic E-state index is 6.04. The van der Waals surface area contributed by atoms with E-state index in [2.05, 4.69) is 26.2 Å². The van der Waals surface area contributed by atoms with Gasteiger partial charge in [0, 0.05) is 26.5 Å². The molecule has 0 radical (unpaired) electrons. The SMILES string of the molecule is CC1=Nc2ccc(Br)cc2Nc2ccc(Cl)cc21. The molecule has 0 aliphatic carbocycles. The van der Waals surface area contributed by atoms with Crippen molar-refractivity contribution in [1.82, 2.24) is 0 Å². The normalized spacial score (nSPS) is 12.9. The molecule has 4 heteroatoms. The molecule has 1 aliphatic rings. The quantitative estimate of drug-likeness (QED) is 0.699. The van der Waals surface area contributed by atoms with Crippen molar-refractivity contribution in [3.8, 4) is 0 Å². The predicted molar refractivity (Wildman–Crippen MR) is 80.7 cm³/mol. The Kier molecular flexibility index (Phi) is 2.88. The third kappa shape index (κ3) is 2.04. The molecule has 2 aromatic carbocycles. The first-order valence-electron chi connectivity index (χ1n) is 5.55. The number of halogens is 2. The van der Waals surface area contributed by atoms with Crippen LogP contribution in [-0.2, 0) is 0 Å². The molecule has 1 aliphatic heterocycles. The van der Waals surface area contributed by atoms with E-state index in [-0.39, 0.29) is 0 Å². The minimum absolute atomic E-state index is 0.720. The number of hydrogen-bond acceptors (Lipinski definition) is 2. The topological polar surface area (TPSA) is 24.4 Å². The van der Waals surface area contributed by atoms with Crippen LogP contribution in [0.15, 0.2) is 45.9 Å². The molecule has 0 bridgehead atoms. The summed E-state index contributed by atoms with van der Waals surface area (Å²) in [5.41, 5.74) is 4.95. The molecular weight excluding hydrogens is 312 g/mol. The third-order valence-corrected chi connectivity index (χ3v) is 3.62. The van der Waals surface area contributed by atoms with Crippen LogP contribution in [0, 0.1) is 0 Å². The van der Waals surface area contributed by atoms with E-state index in [9.17, 15) is 0 Å². The van der Waals surface area contributed by atoms with Crippen LogP contribution in [0.1, 0.15) is 12.5 Å². The summed E-state index contributed by atoms with van der Waals surface area (Å²) in [5.74, 6) is 0. The Balaban J connectivity index is 2.23. The van der Waals surface area contributed by atoms with Crippen molar-refractivity contribution in [2.45, 2.75) is 6.92 Å². The third-order valence-electron chi connectivity index (χ3n) is 2.89. The van der Waals surface area contributed by atoms with Gasteiger partial charge in [-0.2, -0.15) is 0 Å². The number of nitrogens with zero attached hydrogens (tertiary/aromatic N) is 1. The molecular formula is C14H10BrClN2. The fourth-order valence-electron chi connectivity index (χ4n) is 2.02. The largest absolute Gasteiger partial charge is 0.353 e. The fraction of sp³-hybridized carbons (Fsp3) is 0.0714. The van der Waals surface area contributed by atoms with E-state index in [4.69, 9.17) is 11.6 Å². The Morgan fingerprint density at radius 3 is 2.78 bits per heavy atom. The number of hydrogen-bond donors (Lipinski definition) is 1. The Labute approximate surface area is 119 Å². The van der Waals surface area contributed by atoms with Crippen LogP contribution >= 0.6 is 27.5 Å². The molecule has 0 saturated carbocycles. The first-order chi connectivity index (χ1) is 8.63. The van der Waals surface area contributed by atoms with Crippen molar-refractivity contribution in [1.29, 1.82) is 0 Å². The molecule has 1 heterocycles. The molecule has 90 valence electrons. The summed E-state index contributed by atoms with van der Waals surface area (Å²) in [6, 6.07) is 11.8. The second-order valence-corrected chi connectivity index (χ2v) is 5.53. The predicted octanol–water partition coefficient (Wildman–Crippen LogP) is 5.30. The zero-order chi connectivity index (χ0) is 12.7. The van der Waals surface area contributed by atoms with E-state index in [1.54, 1.807) is 0 Å². The lowest BCUT2D eigenvalue weighted by Crippen LogP contribution is -1.98. The van der Waals surface area contributed by atoms with Gasteiger partial charge >= 0.3 is 0 Å². The minimum atomic E-state index is 0.720. The lowest BCUT2D eigenvalue weighted by molar-refractivity contribution is 1.49. The van der Waals surface area contributed by atoms with Crippen LogP contribution in [0.25, 0.3) is 0 Å². The molecule has 1 N–H and O–H groups in total. The van der Waals surface area contributed by atoms with Crippen LogP contribution in [0.4, 0.5) is 17.1 Å². The molecule has 0 saturated heterocycles. The Bertz CT molecular complexity index is 665. The highest BCUT2D eigenvalue weighted by molar-refractivity contribution is 9.10. The molecule has 0 spiro atoms. The van der Waals surface area contributed by atoms with E-state index in [0.717, 1.165) is 37.8 Å². The van der Waals surface area contributed by atoms with Crippen LogP contribution in [0.3, 0.4) is 0 Å². The van der Waals surface area contributed by atoms with Crippen molar-refractivity contribution >= 4 is 50.3 Å². The fourth-order valence-corrected chi connectivity index (χ4v) is 2.55. The number of fused-ring (bicyclic) bond motifs is 2. The maximum atomic E-state index is 6.04. The lowest BCUT2D eigenvalue weighted by atomic mass is 10.1.